The van der Waals surface area contributed by atoms with E-state index in [1.807, 2.05) is 17.5 Å². The number of benzene rings is 1. The highest BCUT2D eigenvalue weighted by molar-refractivity contribution is 7.88. The summed E-state index contributed by atoms with van der Waals surface area (Å²) < 4.78 is 39.3. The Morgan fingerprint density at radius 3 is 2.53 bits per heavy atom. The average Bonchev–Trinajstić information content (AvgIpc) is 2.85. The van der Waals surface area contributed by atoms with Crippen molar-refractivity contribution >= 4 is 21.4 Å². The van der Waals surface area contributed by atoms with E-state index in [9.17, 15) is 12.8 Å². The molecule has 0 spiro atoms. The van der Waals surface area contributed by atoms with Crippen LogP contribution in [-0.4, -0.2) is 8.42 Å². The minimum Gasteiger partial charge on any atom is -0.212 e. The van der Waals surface area contributed by atoms with Gasteiger partial charge < -0.3 is 0 Å². The molecule has 0 radical (unpaired) electrons. The van der Waals surface area contributed by atoms with Crippen LogP contribution in [-0.2, 0) is 15.8 Å². The van der Waals surface area contributed by atoms with Gasteiger partial charge in [0, 0.05) is 4.88 Å². The second kappa shape index (κ2) is 5.81. The van der Waals surface area contributed by atoms with Crippen LogP contribution in [0.2, 0.25) is 0 Å². The Kier molecular flexibility index (Phi) is 4.34. The highest BCUT2D eigenvalue weighted by atomic mass is 32.2. The van der Waals surface area contributed by atoms with Crippen LogP contribution in [0.3, 0.4) is 0 Å². The SMILES string of the molecule is CC(NS(=O)(=O)Cc1ccc(F)cc1)c1cccs1. The summed E-state index contributed by atoms with van der Waals surface area (Å²) in [6.45, 7) is 1.80. The topological polar surface area (TPSA) is 46.2 Å². The zero-order chi connectivity index (χ0) is 13.9. The van der Waals surface area contributed by atoms with Gasteiger partial charge in [0.1, 0.15) is 5.82 Å². The third kappa shape index (κ3) is 4.12. The van der Waals surface area contributed by atoms with E-state index >= 15 is 0 Å². The van der Waals surface area contributed by atoms with Gasteiger partial charge in [0.15, 0.2) is 0 Å². The summed E-state index contributed by atoms with van der Waals surface area (Å²) in [5, 5.41) is 1.90. The average molecular weight is 299 g/mol. The molecule has 2 aromatic rings. The number of thiophene rings is 1. The van der Waals surface area contributed by atoms with Crippen molar-refractivity contribution in [3.8, 4) is 0 Å². The third-order valence-corrected chi connectivity index (χ3v) is 5.08. The van der Waals surface area contributed by atoms with E-state index in [-0.39, 0.29) is 17.6 Å². The van der Waals surface area contributed by atoms with Crippen molar-refractivity contribution in [2.75, 3.05) is 0 Å². The van der Waals surface area contributed by atoms with Crippen LogP contribution < -0.4 is 4.72 Å². The van der Waals surface area contributed by atoms with Crippen molar-refractivity contribution < 1.29 is 12.8 Å². The first kappa shape index (κ1) is 14.2. The smallest absolute Gasteiger partial charge is 0.212 e. The molecular weight excluding hydrogens is 285 g/mol. The van der Waals surface area contributed by atoms with E-state index in [1.165, 1.54) is 35.6 Å². The van der Waals surface area contributed by atoms with Gasteiger partial charge in [-0.15, -0.1) is 11.3 Å². The van der Waals surface area contributed by atoms with Crippen LogP contribution >= 0.6 is 11.3 Å². The molecule has 0 aliphatic rings. The summed E-state index contributed by atoms with van der Waals surface area (Å²) in [4.78, 5) is 0.961. The Labute approximate surface area is 116 Å². The van der Waals surface area contributed by atoms with E-state index < -0.39 is 10.0 Å². The fourth-order valence-electron chi connectivity index (χ4n) is 1.71. The molecule has 3 nitrogen and oxygen atoms in total. The van der Waals surface area contributed by atoms with E-state index in [4.69, 9.17) is 0 Å². The van der Waals surface area contributed by atoms with Crippen molar-refractivity contribution in [2.45, 2.75) is 18.7 Å². The molecule has 0 saturated carbocycles. The summed E-state index contributed by atoms with van der Waals surface area (Å²) in [5.41, 5.74) is 0.562. The molecular formula is C13H14FNO2S2. The number of sulfonamides is 1. The highest BCUT2D eigenvalue weighted by Crippen LogP contribution is 2.19. The second-order valence-electron chi connectivity index (χ2n) is 4.24. The maximum absolute atomic E-state index is 12.8. The molecule has 0 fully saturated rings. The van der Waals surface area contributed by atoms with Gasteiger partial charge in [-0.25, -0.2) is 17.5 Å². The van der Waals surface area contributed by atoms with Gasteiger partial charge in [0.05, 0.1) is 11.8 Å². The lowest BCUT2D eigenvalue weighted by atomic mass is 10.2. The van der Waals surface area contributed by atoms with Crippen molar-refractivity contribution in [3.05, 3.63) is 58.0 Å². The zero-order valence-electron chi connectivity index (χ0n) is 10.3. The van der Waals surface area contributed by atoms with E-state index in [0.29, 0.717) is 5.56 Å². The molecule has 2 rings (SSSR count). The highest BCUT2D eigenvalue weighted by Gasteiger charge is 2.17. The maximum Gasteiger partial charge on any atom is 0.216 e. The number of hydrogen-bond donors (Lipinski definition) is 1. The Bertz CT molecular complexity index is 621. The molecule has 0 aliphatic carbocycles. The lowest BCUT2D eigenvalue weighted by Crippen LogP contribution is -2.27. The summed E-state index contributed by atoms with van der Waals surface area (Å²) in [7, 11) is -3.44. The Morgan fingerprint density at radius 2 is 1.95 bits per heavy atom. The van der Waals surface area contributed by atoms with Crippen LogP contribution in [0.5, 0.6) is 0 Å². The van der Waals surface area contributed by atoms with E-state index in [2.05, 4.69) is 4.72 Å². The summed E-state index contributed by atoms with van der Waals surface area (Å²) in [5.74, 6) is -0.524. The van der Waals surface area contributed by atoms with Gasteiger partial charge in [-0.2, -0.15) is 0 Å². The first-order valence-corrected chi connectivity index (χ1v) is 8.27. The van der Waals surface area contributed by atoms with Gasteiger partial charge in [-0.1, -0.05) is 18.2 Å². The van der Waals surface area contributed by atoms with E-state index in [0.717, 1.165) is 4.88 Å². The van der Waals surface area contributed by atoms with Crippen LogP contribution in [0.25, 0.3) is 0 Å². The van der Waals surface area contributed by atoms with Crippen LogP contribution in [0.15, 0.2) is 41.8 Å². The third-order valence-electron chi connectivity index (χ3n) is 2.60. The van der Waals surface area contributed by atoms with Crippen molar-refractivity contribution in [2.24, 2.45) is 0 Å². The lowest BCUT2D eigenvalue weighted by molar-refractivity contribution is 0.567. The largest absolute Gasteiger partial charge is 0.216 e. The Hall–Kier alpha value is -1.24. The van der Waals surface area contributed by atoms with Gasteiger partial charge in [-0.3, -0.25) is 0 Å². The lowest BCUT2D eigenvalue weighted by Gasteiger charge is -2.12. The van der Waals surface area contributed by atoms with Gasteiger partial charge in [0.25, 0.3) is 0 Å². The fourth-order valence-corrected chi connectivity index (χ4v) is 3.90. The number of hydrogen-bond acceptors (Lipinski definition) is 3. The fraction of sp³-hybridized carbons (Fsp3) is 0.231. The standard InChI is InChI=1S/C13H14FNO2S2/c1-10(13-3-2-8-18-13)15-19(16,17)9-11-4-6-12(14)7-5-11/h2-8,10,15H,9H2,1H3. The summed E-state index contributed by atoms with van der Waals surface area (Å²) in [6.07, 6.45) is 0. The number of rotatable bonds is 5. The molecule has 19 heavy (non-hydrogen) atoms. The van der Waals surface area contributed by atoms with Crippen molar-refractivity contribution in [1.82, 2.24) is 4.72 Å². The number of halogens is 1. The van der Waals surface area contributed by atoms with Crippen LogP contribution in [0, 0.1) is 5.82 Å². The molecule has 0 aliphatic heterocycles. The molecule has 1 N–H and O–H groups in total. The summed E-state index contributed by atoms with van der Waals surface area (Å²) >= 11 is 1.50. The first-order valence-electron chi connectivity index (χ1n) is 5.74. The Morgan fingerprint density at radius 1 is 1.26 bits per heavy atom. The predicted octanol–water partition coefficient (Wildman–Crippen LogP) is 3.07. The molecule has 1 heterocycles. The first-order chi connectivity index (χ1) is 8.96. The monoisotopic (exact) mass is 299 g/mol. The quantitative estimate of drug-likeness (QED) is 0.922. The Balaban J connectivity index is 2.04. The van der Waals surface area contributed by atoms with Crippen molar-refractivity contribution in [3.63, 3.8) is 0 Å². The summed E-state index contributed by atoms with van der Waals surface area (Å²) in [6, 6.07) is 8.97. The molecule has 1 atom stereocenters. The molecule has 102 valence electrons. The van der Waals surface area contributed by atoms with Crippen LogP contribution in [0.4, 0.5) is 4.39 Å². The molecule has 6 heteroatoms. The van der Waals surface area contributed by atoms with E-state index in [1.54, 1.807) is 6.92 Å². The minimum atomic E-state index is -3.44. The zero-order valence-corrected chi connectivity index (χ0v) is 12.0. The molecule has 0 amide bonds. The molecule has 1 aromatic carbocycles. The predicted molar refractivity (Wildman–Crippen MR) is 74.9 cm³/mol. The van der Waals surface area contributed by atoms with Crippen molar-refractivity contribution in [1.29, 1.82) is 0 Å². The van der Waals surface area contributed by atoms with Gasteiger partial charge >= 0.3 is 0 Å². The van der Waals surface area contributed by atoms with Crippen LogP contribution in [0.1, 0.15) is 23.4 Å². The molecule has 0 bridgehead atoms. The second-order valence-corrected chi connectivity index (χ2v) is 6.97. The molecule has 1 aromatic heterocycles. The number of nitrogens with one attached hydrogen (secondary N) is 1. The minimum absolute atomic E-state index is 0.150. The normalized spacial score (nSPS) is 13.4. The molecule has 1 unspecified atom stereocenters. The van der Waals surface area contributed by atoms with Gasteiger partial charge in [0.2, 0.25) is 10.0 Å². The maximum atomic E-state index is 12.8. The van der Waals surface area contributed by atoms with Gasteiger partial charge in [-0.05, 0) is 36.1 Å². The molecule has 0 saturated heterocycles.